The summed E-state index contributed by atoms with van der Waals surface area (Å²) in [6, 6.07) is 9.41. The van der Waals surface area contributed by atoms with Gasteiger partial charge in [0, 0.05) is 18.9 Å². The SMILES string of the molecule is O=C(c1cccc(-n2cnnc2)n1)N1CCCC[C@H]1c1cccnc1. The third-order valence-corrected chi connectivity index (χ3v) is 4.47. The second kappa shape index (κ2) is 6.80. The van der Waals surface area contributed by atoms with Gasteiger partial charge in [0.05, 0.1) is 6.04 Å². The molecule has 4 rings (SSSR count). The van der Waals surface area contributed by atoms with Crippen molar-refractivity contribution >= 4 is 5.91 Å². The molecule has 1 amide bonds. The van der Waals surface area contributed by atoms with Gasteiger partial charge >= 0.3 is 0 Å². The molecule has 7 nitrogen and oxygen atoms in total. The monoisotopic (exact) mass is 334 g/mol. The average molecular weight is 334 g/mol. The molecule has 1 aliphatic heterocycles. The molecule has 0 aliphatic carbocycles. The maximum Gasteiger partial charge on any atom is 0.273 e. The van der Waals surface area contributed by atoms with Gasteiger partial charge < -0.3 is 4.90 Å². The van der Waals surface area contributed by atoms with Crippen LogP contribution in [0.15, 0.2) is 55.4 Å². The molecule has 0 radical (unpaired) electrons. The number of hydrogen-bond donors (Lipinski definition) is 0. The molecular weight excluding hydrogens is 316 g/mol. The number of carbonyl (C=O) groups is 1. The molecule has 1 atom stereocenters. The average Bonchev–Trinajstić information content (AvgIpc) is 3.23. The van der Waals surface area contributed by atoms with Gasteiger partial charge in [0.25, 0.3) is 5.91 Å². The molecule has 0 unspecified atom stereocenters. The first-order valence-electron chi connectivity index (χ1n) is 8.36. The molecule has 0 N–H and O–H groups in total. The molecule has 1 fully saturated rings. The molecule has 3 aromatic heterocycles. The summed E-state index contributed by atoms with van der Waals surface area (Å²) in [6.07, 6.45) is 9.79. The van der Waals surface area contributed by atoms with Crippen LogP contribution in [0.3, 0.4) is 0 Å². The molecule has 0 saturated carbocycles. The van der Waals surface area contributed by atoms with E-state index in [0.717, 1.165) is 31.4 Å². The lowest BCUT2D eigenvalue weighted by atomic mass is 9.96. The number of aromatic nitrogens is 5. The van der Waals surface area contributed by atoms with E-state index in [-0.39, 0.29) is 11.9 Å². The summed E-state index contributed by atoms with van der Waals surface area (Å²) in [4.78, 5) is 23.7. The molecule has 1 aliphatic rings. The normalized spacial score (nSPS) is 17.4. The smallest absolute Gasteiger partial charge is 0.273 e. The van der Waals surface area contributed by atoms with E-state index in [4.69, 9.17) is 0 Å². The lowest BCUT2D eigenvalue weighted by Gasteiger charge is -2.35. The summed E-state index contributed by atoms with van der Waals surface area (Å²) in [7, 11) is 0. The van der Waals surface area contributed by atoms with E-state index in [0.29, 0.717) is 11.5 Å². The number of likely N-dealkylation sites (tertiary alicyclic amines) is 1. The van der Waals surface area contributed by atoms with E-state index in [1.54, 1.807) is 29.5 Å². The Labute approximate surface area is 145 Å². The lowest BCUT2D eigenvalue weighted by Crippen LogP contribution is -2.39. The van der Waals surface area contributed by atoms with Crippen molar-refractivity contribution in [3.63, 3.8) is 0 Å². The standard InChI is InChI=1S/C18H18N6O/c25-18(15-6-3-8-17(22-15)23-12-20-21-13-23)24-10-2-1-7-16(24)14-5-4-9-19-11-14/h3-6,8-9,11-13,16H,1-2,7,10H2/t16-/m0/s1. The van der Waals surface area contributed by atoms with Gasteiger partial charge in [0.1, 0.15) is 24.2 Å². The summed E-state index contributed by atoms with van der Waals surface area (Å²) >= 11 is 0. The number of carbonyl (C=O) groups excluding carboxylic acids is 1. The van der Waals surface area contributed by atoms with Crippen molar-refractivity contribution in [1.29, 1.82) is 0 Å². The van der Waals surface area contributed by atoms with Crippen LogP contribution in [0, 0.1) is 0 Å². The maximum absolute atomic E-state index is 13.1. The zero-order valence-electron chi connectivity index (χ0n) is 13.7. The van der Waals surface area contributed by atoms with Crippen molar-refractivity contribution in [2.24, 2.45) is 0 Å². The minimum Gasteiger partial charge on any atom is -0.330 e. The number of rotatable bonds is 3. The minimum absolute atomic E-state index is 0.0512. The Kier molecular flexibility index (Phi) is 4.20. The van der Waals surface area contributed by atoms with Crippen molar-refractivity contribution in [3.8, 4) is 5.82 Å². The second-order valence-electron chi connectivity index (χ2n) is 6.05. The van der Waals surface area contributed by atoms with Crippen molar-refractivity contribution in [2.45, 2.75) is 25.3 Å². The van der Waals surface area contributed by atoms with Crippen molar-refractivity contribution in [3.05, 3.63) is 66.6 Å². The molecule has 0 spiro atoms. The van der Waals surface area contributed by atoms with Crippen LogP contribution in [0.25, 0.3) is 5.82 Å². The topological polar surface area (TPSA) is 76.8 Å². The summed E-state index contributed by atoms with van der Waals surface area (Å²) in [5, 5.41) is 7.57. The van der Waals surface area contributed by atoms with Gasteiger partial charge in [-0.15, -0.1) is 10.2 Å². The number of amides is 1. The zero-order valence-corrected chi connectivity index (χ0v) is 13.7. The van der Waals surface area contributed by atoms with Gasteiger partial charge in [-0.2, -0.15) is 0 Å². The van der Waals surface area contributed by atoms with Crippen LogP contribution in [-0.2, 0) is 0 Å². The molecule has 0 bridgehead atoms. The van der Waals surface area contributed by atoms with Crippen LogP contribution in [0.5, 0.6) is 0 Å². The van der Waals surface area contributed by atoms with E-state index in [2.05, 4.69) is 20.2 Å². The van der Waals surface area contributed by atoms with Gasteiger partial charge in [0.15, 0.2) is 0 Å². The Balaban J connectivity index is 1.64. The molecule has 1 saturated heterocycles. The summed E-state index contributed by atoms with van der Waals surface area (Å²) in [5.74, 6) is 0.578. The molecule has 7 heteroatoms. The van der Waals surface area contributed by atoms with Crippen molar-refractivity contribution in [1.82, 2.24) is 29.6 Å². The fraction of sp³-hybridized carbons (Fsp3) is 0.278. The van der Waals surface area contributed by atoms with Crippen LogP contribution in [0.2, 0.25) is 0 Å². The van der Waals surface area contributed by atoms with Gasteiger partial charge in [-0.3, -0.25) is 14.3 Å². The molecule has 0 aromatic carbocycles. The van der Waals surface area contributed by atoms with Crippen LogP contribution in [0.4, 0.5) is 0 Å². The third-order valence-electron chi connectivity index (χ3n) is 4.47. The highest BCUT2D eigenvalue weighted by Gasteiger charge is 2.29. The lowest BCUT2D eigenvalue weighted by molar-refractivity contribution is 0.0605. The van der Waals surface area contributed by atoms with E-state index < -0.39 is 0 Å². The van der Waals surface area contributed by atoms with E-state index >= 15 is 0 Å². The molecule has 25 heavy (non-hydrogen) atoms. The first-order valence-corrected chi connectivity index (χ1v) is 8.36. The van der Waals surface area contributed by atoms with Crippen molar-refractivity contribution < 1.29 is 4.79 Å². The van der Waals surface area contributed by atoms with E-state index in [1.165, 1.54) is 0 Å². The number of nitrogens with zero attached hydrogens (tertiary/aromatic N) is 6. The summed E-state index contributed by atoms with van der Waals surface area (Å²) in [5.41, 5.74) is 1.51. The largest absolute Gasteiger partial charge is 0.330 e. The first-order chi connectivity index (χ1) is 12.3. The highest BCUT2D eigenvalue weighted by atomic mass is 16.2. The molecule has 126 valence electrons. The summed E-state index contributed by atoms with van der Waals surface area (Å²) in [6.45, 7) is 0.733. The predicted molar refractivity (Wildman–Crippen MR) is 91.0 cm³/mol. The van der Waals surface area contributed by atoms with E-state index in [9.17, 15) is 4.79 Å². The van der Waals surface area contributed by atoms with Gasteiger partial charge in [-0.1, -0.05) is 12.1 Å². The maximum atomic E-state index is 13.1. The van der Waals surface area contributed by atoms with Crippen LogP contribution >= 0.6 is 0 Å². The number of piperidine rings is 1. The zero-order chi connectivity index (χ0) is 17.1. The predicted octanol–water partition coefficient (Wildman–Crippen LogP) is 2.42. The molecular formula is C18H18N6O. The van der Waals surface area contributed by atoms with Gasteiger partial charge in [-0.25, -0.2) is 4.98 Å². The van der Waals surface area contributed by atoms with E-state index in [1.807, 2.05) is 35.4 Å². The molecule has 4 heterocycles. The third kappa shape index (κ3) is 3.13. The molecule has 3 aromatic rings. The van der Waals surface area contributed by atoms with Gasteiger partial charge in [0.2, 0.25) is 0 Å². The van der Waals surface area contributed by atoms with Crippen LogP contribution < -0.4 is 0 Å². The first kappa shape index (κ1) is 15.4. The summed E-state index contributed by atoms with van der Waals surface area (Å²) < 4.78 is 1.69. The number of pyridine rings is 2. The van der Waals surface area contributed by atoms with Crippen molar-refractivity contribution in [2.75, 3.05) is 6.54 Å². The Morgan fingerprint density at radius 1 is 1.08 bits per heavy atom. The second-order valence-corrected chi connectivity index (χ2v) is 6.05. The highest BCUT2D eigenvalue weighted by Crippen LogP contribution is 2.31. The Hall–Kier alpha value is -3.09. The van der Waals surface area contributed by atoms with Crippen LogP contribution in [-0.4, -0.2) is 42.1 Å². The quantitative estimate of drug-likeness (QED) is 0.735. The van der Waals surface area contributed by atoms with Crippen LogP contribution in [0.1, 0.15) is 41.4 Å². The highest BCUT2D eigenvalue weighted by molar-refractivity contribution is 5.92. The Morgan fingerprint density at radius 3 is 2.76 bits per heavy atom. The fourth-order valence-electron chi connectivity index (χ4n) is 3.25. The fourth-order valence-corrected chi connectivity index (χ4v) is 3.25. The Bertz CT molecular complexity index is 849. The number of hydrogen-bond acceptors (Lipinski definition) is 5. The Morgan fingerprint density at radius 2 is 1.96 bits per heavy atom. The van der Waals surface area contributed by atoms with Gasteiger partial charge in [-0.05, 0) is 43.0 Å². The minimum atomic E-state index is -0.0523.